The molecule has 1 aliphatic rings. The highest BCUT2D eigenvalue weighted by atomic mass is 32.1. The molecule has 0 atom stereocenters. The minimum Gasteiger partial charge on any atom is -0.371 e. The van der Waals surface area contributed by atoms with Crippen molar-refractivity contribution in [2.75, 3.05) is 7.11 Å². The van der Waals surface area contributed by atoms with E-state index in [0.717, 1.165) is 30.4 Å². The van der Waals surface area contributed by atoms with Gasteiger partial charge in [0, 0.05) is 30.8 Å². The van der Waals surface area contributed by atoms with Gasteiger partial charge < -0.3 is 10.1 Å². The Bertz CT molecular complexity index is 348. The van der Waals surface area contributed by atoms with Crippen LogP contribution in [-0.4, -0.2) is 18.1 Å². The second kappa shape index (κ2) is 5.46. The number of nitrogens with one attached hydrogen (secondary N) is 1. The topological polar surface area (TPSA) is 34.1 Å². The summed E-state index contributed by atoms with van der Waals surface area (Å²) in [5.41, 5.74) is -0.178. The van der Waals surface area contributed by atoms with Gasteiger partial charge in [0.2, 0.25) is 0 Å². The highest BCUT2D eigenvalue weighted by Gasteiger charge is 2.31. The minimum atomic E-state index is -0.178. The number of aromatic nitrogens is 1. The van der Waals surface area contributed by atoms with Gasteiger partial charge in [-0.1, -0.05) is 13.8 Å². The Morgan fingerprint density at radius 2 is 2.18 bits per heavy atom. The van der Waals surface area contributed by atoms with Gasteiger partial charge in [0.25, 0.3) is 0 Å². The van der Waals surface area contributed by atoms with Crippen molar-refractivity contribution in [3.05, 3.63) is 16.1 Å². The van der Waals surface area contributed by atoms with E-state index < -0.39 is 0 Å². The standard InChI is InChI=1S/C13H22N2OS/c1-4-13(5-2,16-3)12-15-9-11(17-12)8-14-10-6-7-10/h9-10,14H,4-8H2,1-3H3. The van der Waals surface area contributed by atoms with Crippen molar-refractivity contribution in [3.63, 3.8) is 0 Å². The Labute approximate surface area is 108 Å². The van der Waals surface area contributed by atoms with Crippen LogP contribution in [0.4, 0.5) is 0 Å². The normalized spacial score (nSPS) is 16.4. The highest BCUT2D eigenvalue weighted by molar-refractivity contribution is 7.11. The fourth-order valence-corrected chi connectivity index (χ4v) is 3.23. The number of hydrogen-bond acceptors (Lipinski definition) is 4. The maximum atomic E-state index is 5.70. The van der Waals surface area contributed by atoms with Crippen LogP contribution in [0.5, 0.6) is 0 Å². The van der Waals surface area contributed by atoms with Gasteiger partial charge in [-0.05, 0) is 25.7 Å². The van der Waals surface area contributed by atoms with Gasteiger partial charge in [-0.3, -0.25) is 0 Å². The Hall–Kier alpha value is -0.450. The molecular formula is C13H22N2OS. The van der Waals surface area contributed by atoms with Crippen molar-refractivity contribution < 1.29 is 4.74 Å². The van der Waals surface area contributed by atoms with Crippen LogP contribution in [-0.2, 0) is 16.9 Å². The van der Waals surface area contributed by atoms with Gasteiger partial charge in [-0.25, -0.2) is 4.98 Å². The molecule has 0 spiro atoms. The molecule has 1 fully saturated rings. The largest absolute Gasteiger partial charge is 0.371 e. The molecule has 1 heterocycles. The third kappa shape index (κ3) is 2.87. The van der Waals surface area contributed by atoms with Gasteiger partial charge in [-0.2, -0.15) is 0 Å². The van der Waals surface area contributed by atoms with Crippen molar-refractivity contribution in [1.29, 1.82) is 0 Å². The lowest BCUT2D eigenvalue weighted by atomic mass is 9.98. The lowest BCUT2D eigenvalue weighted by molar-refractivity contribution is -0.0218. The summed E-state index contributed by atoms with van der Waals surface area (Å²) >= 11 is 1.78. The molecule has 4 heteroatoms. The molecule has 3 nitrogen and oxygen atoms in total. The Morgan fingerprint density at radius 3 is 2.71 bits per heavy atom. The Kier molecular flexibility index (Phi) is 4.17. The van der Waals surface area contributed by atoms with Gasteiger partial charge in [0.15, 0.2) is 0 Å². The first kappa shape index (κ1) is 13.0. The number of rotatable bonds is 7. The van der Waals surface area contributed by atoms with E-state index in [1.165, 1.54) is 17.7 Å². The van der Waals surface area contributed by atoms with E-state index >= 15 is 0 Å². The van der Waals surface area contributed by atoms with Crippen LogP contribution >= 0.6 is 11.3 Å². The summed E-state index contributed by atoms with van der Waals surface area (Å²) in [6, 6.07) is 0.755. The van der Waals surface area contributed by atoms with E-state index in [0.29, 0.717) is 0 Å². The summed E-state index contributed by atoms with van der Waals surface area (Å²) < 4.78 is 5.70. The quantitative estimate of drug-likeness (QED) is 0.812. The summed E-state index contributed by atoms with van der Waals surface area (Å²) in [5, 5.41) is 4.64. The number of thiazole rings is 1. The molecule has 1 N–H and O–H groups in total. The lowest BCUT2D eigenvalue weighted by Gasteiger charge is -2.27. The van der Waals surface area contributed by atoms with Gasteiger partial charge in [-0.15, -0.1) is 11.3 Å². The van der Waals surface area contributed by atoms with E-state index in [-0.39, 0.29) is 5.60 Å². The van der Waals surface area contributed by atoms with E-state index in [4.69, 9.17) is 4.74 Å². The van der Waals surface area contributed by atoms with Crippen molar-refractivity contribution in [2.45, 2.75) is 57.7 Å². The highest BCUT2D eigenvalue weighted by Crippen LogP contribution is 2.35. The number of ether oxygens (including phenoxy) is 1. The van der Waals surface area contributed by atoms with Gasteiger partial charge >= 0.3 is 0 Å². The summed E-state index contributed by atoms with van der Waals surface area (Å²) in [6.45, 7) is 5.28. The molecule has 1 aromatic rings. The monoisotopic (exact) mass is 254 g/mol. The predicted octanol–water partition coefficient (Wildman–Crippen LogP) is 3.06. The number of methoxy groups -OCH3 is 1. The average molecular weight is 254 g/mol. The Balaban J connectivity index is 2.03. The van der Waals surface area contributed by atoms with E-state index in [1.807, 2.05) is 6.20 Å². The molecule has 1 aromatic heterocycles. The molecule has 1 aliphatic carbocycles. The minimum absolute atomic E-state index is 0.178. The van der Waals surface area contributed by atoms with Crippen LogP contribution in [0.15, 0.2) is 6.20 Å². The molecule has 0 radical (unpaired) electrons. The second-order valence-electron chi connectivity index (χ2n) is 4.69. The maximum Gasteiger partial charge on any atom is 0.125 e. The molecule has 17 heavy (non-hydrogen) atoms. The van der Waals surface area contributed by atoms with Crippen LogP contribution in [0.25, 0.3) is 0 Å². The zero-order valence-electron chi connectivity index (χ0n) is 11.0. The predicted molar refractivity (Wildman–Crippen MR) is 71.2 cm³/mol. The third-order valence-corrected chi connectivity index (χ3v) is 4.80. The van der Waals surface area contributed by atoms with Crippen molar-refractivity contribution in [1.82, 2.24) is 10.3 Å². The Morgan fingerprint density at radius 1 is 1.47 bits per heavy atom. The summed E-state index contributed by atoms with van der Waals surface area (Å²) in [6.07, 6.45) is 6.61. The first-order valence-corrected chi connectivity index (χ1v) is 7.29. The molecule has 0 aromatic carbocycles. The molecular weight excluding hydrogens is 232 g/mol. The fraction of sp³-hybridized carbons (Fsp3) is 0.769. The van der Waals surface area contributed by atoms with E-state index in [2.05, 4.69) is 24.1 Å². The van der Waals surface area contributed by atoms with Crippen molar-refractivity contribution in [2.24, 2.45) is 0 Å². The molecule has 0 bridgehead atoms. The van der Waals surface area contributed by atoms with Crippen LogP contribution in [0.3, 0.4) is 0 Å². The molecule has 2 rings (SSSR count). The first-order chi connectivity index (χ1) is 8.24. The summed E-state index contributed by atoms with van der Waals surface area (Å²) in [4.78, 5) is 5.87. The first-order valence-electron chi connectivity index (χ1n) is 6.47. The summed E-state index contributed by atoms with van der Waals surface area (Å²) in [5.74, 6) is 0. The number of nitrogens with zero attached hydrogens (tertiary/aromatic N) is 1. The average Bonchev–Trinajstić information content (AvgIpc) is 3.08. The van der Waals surface area contributed by atoms with E-state index in [1.54, 1.807) is 18.4 Å². The van der Waals surface area contributed by atoms with Crippen LogP contribution in [0, 0.1) is 0 Å². The van der Waals surface area contributed by atoms with Crippen LogP contribution in [0.1, 0.15) is 49.4 Å². The van der Waals surface area contributed by atoms with Gasteiger partial charge in [0.1, 0.15) is 10.6 Å². The maximum absolute atomic E-state index is 5.70. The molecule has 0 saturated heterocycles. The summed E-state index contributed by atoms with van der Waals surface area (Å²) in [7, 11) is 1.79. The SMILES string of the molecule is CCC(CC)(OC)c1ncc(CNC2CC2)s1. The third-order valence-electron chi connectivity index (χ3n) is 3.62. The van der Waals surface area contributed by atoms with Gasteiger partial charge in [0.05, 0.1) is 0 Å². The van der Waals surface area contributed by atoms with E-state index in [9.17, 15) is 0 Å². The molecule has 0 amide bonds. The zero-order valence-corrected chi connectivity index (χ0v) is 11.8. The fourth-order valence-electron chi connectivity index (χ4n) is 2.06. The molecule has 0 unspecified atom stereocenters. The molecule has 0 aliphatic heterocycles. The smallest absolute Gasteiger partial charge is 0.125 e. The lowest BCUT2D eigenvalue weighted by Crippen LogP contribution is -2.26. The van der Waals surface area contributed by atoms with Crippen molar-refractivity contribution in [3.8, 4) is 0 Å². The number of hydrogen-bond donors (Lipinski definition) is 1. The molecule has 1 saturated carbocycles. The zero-order chi connectivity index (χ0) is 12.3. The van der Waals surface area contributed by atoms with Crippen LogP contribution in [0.2, 0.25) is 0 Å². The van der Waals surface area contributed by atoms with Crippen molar-refractivity contribution >= 4 is 11.3 Å². The second-order valence-corrected chi connectivity index (χ2v) is 5.81. The van der Waals surface area contributed by atoms with Crippen LogP contribution < -0.4 is 5.32 Å². The molecule has 96 valence electrons.